The molecule has 1 saturated heterocycles. The molecule has 1 fully saturated rings. The Balaban J connectivity index is 0.00000169. The van der Waals surface area contributed by atoms with Crippen LogP contribution in [0.25, 0.3) is 22.6 Å². The van der Waals surface area contributed by atoms with Crippen LogP contribution in [-0.2, 0) is 0 Å². The van der Waals surface area contributed by atoms with Gasteiger partial charge in [-0.2, -0.15) is 4.98 Å². The third-order valence-corrected chi connectivity index (χ3v) is 4.59. The summed E-state index contributed by atoms with van der Waals surface area (Å²) in [6, 6.07) is 6.26. The van der Waals surface area contributed by atoms with Crippen LogP contribution in [0.2, 0.25) is 0 Å². The third-order valence-electron chi connectivity index (χ3n) is 4.59. The van der Waals surface area contributed by atoms with E-state index in [1.165, 1.54) is 11.1 Å². The monoisotopic (exact) mass is 348 g/mol. The van der Waals surface area contributed by atoms with Crippen LogP contribution in [0.5, 0.6) is 0 Å². The molecule has 1 atom stereocenters. The zero-order chi connectivity index (χ0) is 16.0. The number of rotatable bonds is 2. The molecule has 0 aliphatic carbocycles. The molecule has 0 radical (unpaired) electrons. The predicted molar refractivity (Wildman–Crippen MR) is 94.5 cm³/mol. The molecule has 0 saturated carbocycles. The number of benzene rings is 1. The molecule has 1 aliphatic heterocycles. The maximum absolute atomic E-state index is 5.89. The Morgan fingerprint density at radius 2 is 2.00 bits per heavy atom. The van der Waals surface area contributed by atoms with Crippen molar-refractivity contribution >= 4 is 23.4 Å². The van der Waals surface area contributed by atoms with Crippen LogP contribution in [0.4, 0.5) is 0 Å². The molecule has 0 amide bonds. The first-order chi connectivity index (χ1) is 11.1. The Morgan fingerprint density at radius 3 is 2.79 bits per heavy atom. The topological polar surface area (TPSA) is 67.3 Å². The quantitative estimate of drug-likeness (QED) is 0.767. The predicted octanol–water partition coefficient (Wildman–Crippen LogP) is 3.10. The van der Waals surface area contributed by atoms with Gasteiger partial charge in [0.2, 0.25) is 0 Å². The number of nitrogens with one attached hydrogen (secondary N) is 1. The molecule has 3 aromatic rings. The van der Waals surface area contributed by atoms with Crippen LogP contribution in [0, 0.1) is 13.8 Å². The number of halogens is 1. The van der Waals surface area contributed by atoms with Gasteiger partial charge in [0.15, 0.2) is 11.6 Å². The average molecular weight is 349 g/mol. The van der Waals surface area contributed by atoms with Gasteiger partial charge in [0, 0.05) is 25.0 Å². The van der Waals surface area contributed by atoms with Crippen molar-refractivity contribution in [3.05, 3.63) is 35.2 Å². The van der Waals surface area contributed by atoms with Crippen molar-refractivity contribution in [2.45, 2.75) is 19.9 Å². The second kappa shape index (κ2) is 6.55. The van der Waals surface area contributed by atoms with E-state index in [1.54, 1.807) is 0 Å². The standard InChI is InChI=1S/C17H20N4O2.ClH/c1-10-6-12-8-15(22-14(12)7-11(10)2)17-19-16(20-23-17)13-9-18-4-5-21(13)3;/h6-8,13,18H,4-5,9H2,1-3H3;1H. The summed E-state index contributed by atoms with van der Waals surface area (Å²) in [4.78, 5) is 6.77. The lowest BCUT2D eigenvalue weighted by atomic mass is 10.1. The van der Waals surface area contributed by atoms with Gasteiger partial charge in [-0.15, -0.1) is 12.4 Å². The van der Waals surface area contributed by atoms with Gasteiger partial charge in [0.1, 0.15) is 5.58 Å². The van der Waals surface area contributed by atoms with E-state index < -0.39 is 0 Å². The van der Waals surface area contributed by atoms with Crippen LogP contribution in [0.1, 0.15) is 23.0 Å². The summed E-state index contributed by atoms with van der Waals surface area (Å²) < 4.78 is 11.3. The molecule has 4 rings (SSSR count). The summed E-state index contributed by atoms with van der Waals surface area (Å²) in [6.45, 7) is 6.96. The smallest absolute Gasteiger partial charge is 0.293 e. The van der Waals surface area contributed by atoms with Gasteiger partial charge in [0.05, 0.1) is 6.04 Å². The molecule has 6 nitrogen and oxygen atoms in total. The lowest BCUT2D eigenvalue weighted by Crippen LogP contribution is -2.44. The van der Waals surface area contributed by atoms with Crippen molar-refractivity contribution < 1.29 is 8.94 Å². The molecular formula is C17H21ClN4O2. The molecule has 128 valence electrons. The largest absolute Gasteiger partial charge is 0.451 e. The minimum absolute atomic E-state index is 0. The first-order valence-corrected chi connectivity index (χ1v) is 7.87. The average Bonchev–Trinajstić information content (AvgIpc) is 3.15. The number of hydrogen-bond acceptors (Lipinski definition) is 6. The van der Waals surface area contributed by atoms with Gasteiger partial charge in [0.25, 0.3) is 5.89 Å². The molecular weight excluding hydrogens is 328 g/mol. The highest BCUT2D eigenvalue weighted by molar-refractivity contribution is 5.85. The summed E-state index contributed by atoms with van der Waals surface area (Å²) in [5.74, 6) is 1.75. The van der Waals surface area contributed by atoms with E-state index in [4.69, 9.17) is 8.94 Å². The number of furan rings is 1. The highest BCUT2D eigenvalue weighted by atomic mass is 35.5. The maximum Gasteiger partial charge on any atom is 0.293 e. The number of aryl methyl sites for hydroxylation is 2. The summed E-state index contributed by atoms with van der Waals surface area (Å²) >= 11 is 0. The summed E-state index contributed by atoms with van der Waals surface area (Å²) in [6.07, 6.45) is 0. The minimum Gasteiger partial charge on any atom is -0.451 e. The van der Waals surface area contributed by atoms with Crippen molar-refractivity contribution in [1.82, 2.24) is 20.4 Å². The minimum atomic E-state index is 0. The van der Waals surface area contributed by atoms with Gasteiger partial charge in [-0.1, -0.05) is 5.16 Å². The van der Waals surface area contributed by atoms with Crippen LogP contribution in [0.15, 0.2) is 27.1 Å². The first kappa shape index (κ1) is 17.0. The SMILES string of the molecule is Cc1cc2cc(-c3nc(C4CNCCN4C)no3)oc2cc1C.Cl. The van der Waals surface area contributed by atoms with E-state index >= 15 is 0 Å². The fourth-order valence-corrected chi connectivity index (χ4v) is 2.97. The maximum atomic E-state index is 5.89. The Labute approximate surface area is 146 Å². The van der Waals surface area contributed by atoms with E-state index in [9.17, 15) is 0 Å². The zero-order valence-electron chi connectivity index (χ0n) is 14.0. The van der Waals surface area contributed by atoms with Gasteiger partial charge >= 0.3 is 0 Å². The van der Waals surface area contributed by atoms with Crippen molar-refractivity contribution in [3.8, 4) is 11.7 Å². The zero-order valence-corrected chi connectivity index (χ0v) is 14.8. The molecule has 0 bridgehead atoms. The summed E-state index contributed by atoms with van der Waals surface area (Å²) in [7, 11) is 2.08. The molecule has 1 aliphatic rings. The van der Waals surface area contributed by atoms with Crippen LogP contribution < -0.4 is 5.32 Å². The number of piperazine rings is 1. The van der Waals surface area contributed by atoms with Crippen molar-refractivity contribution in [1.29, 1.82) is 0 Å². The van der Waals surface area contributed by atoms with Crippen molar-refractivity contribution in [3.63, 3.8) is 0 Å². The lowest BCUT2D eigenvalue weighted by molar-refractivity contribution is 0.190. The van der Waals surface area contributed by atoms with Gasteiger partial charge in [-0.25, -0.2) is 0 Å². The normalized spacial score (nSPS) is 18.7. The van der Waals surface area contributed by atoms with Gasteiger partial charge in [-0.3, -0.25) is 4.90 Å². The highest BCUT2D eigenvalue weighted by Crippen LogP contribution is 2.30. The molecule has 7 heteroatoms. The number of likely N-dealkylation sites (N-methyl/N-ethyl adjacent to an activating group) is 1. The Hall–Kier alpha value is -1.89. The van der Waals surface area contributed by atoms with Crippen LogP contribution in [0.3, 0.4) is 0 Å². The Morgan fingerprint density at radius 1 is 1.21 bits per heavy atom. The molecule has 0 spiro atoms. The van der Waals surface area contributed by atoms with Crippen molar-refractivity contribution in [2.24, 2.45) is 0 Å². The first-order valence-electron chi connectivity index (χ1n) is 7.87. The van der Waals surface area contributed by atoms with E-state index in [0.717, 1.165) is 30.6 Å². The summed E-state index contributed by atoms with van der Waals surface area (Å²) in [5, 5.41) is 8.56. The molecule has 3 heterocycles. The van der Waals surface area contributed by atoms with E-state index in [-0.39, 0.29) is 18.4 Å². The number of fused-ring (bicyclic) bond motifs is 1. The van der Waals surface area contributed by atoms with Gasteiger partial charge < -0.3 is 14.3 Å². The lowest BCUT2D eigenvalue weighted by Gasteiger charge is -2.30. The summed E-state index contributed by atoms with van der Waals surface area (Å²) in [5.41, 5.74) is 3.30. The van der Waals surface area contributed by atoms with Crippen molar-refractivity contribution in [2.75, 3.05) is 26.7 Å². The van der Waals surface area contributed by atoms with E-state index in [2.05, 4.69) is 47.3 Å². The highest BCUT2D eigenvalue weighted by Gasteiger charge is 2.26. The molecule has 1 unspecified atom stereocenters. The number of hydrogen-bond donors (Lipinski definition) is 1. The van der Waals surface area contributed by atoms with Crippen LogP contribution >= 0.6 is 12.4 Å². The fourth-order valence-electron chi connectivity index (χ4n) is 2.97. The van der Waals surface area contributed by atoms with Crippen LogP contribution in [-0.4, -0.2) is 41.7 Å². The number of aromatic nitrogens is 2. The van der Waals surface area contributed by atoms with E-state index in [1.807, 2.05) is 12.1 Å². The Bertz CT molecular complexity index is 819. The molecule has 24 heavy (non-hydrogen) atoms. The Kier molecular flexibility index (Phi) is 4.62. The second-order valence-corrected chi connectivity index (χ2v) is 6.24. The molecule has 1 aromatic carbocycles. The van der Waals surface area contributed by atoms with E-state index in [0.29, 0.717) is 17.5 Å². The van der Waals surface area contributed by atoms with Gasteiger partial charge in [-0.05, 0) is 50.2 Å². The number of nitrogens with zero attached hydrogens (tertiary/aromatic N) is 3. The molecule has 1 N–H and O–H groups in total. The third kappa shape index (κ3) is 2.92. The second-order valence-electron chi connectivity index (χ2n) is 6.24. The molecule has 2 aromatic heterocycles. The fraction of sp³-hybridized carbons (Fsp3) is 0.412.